The van der Waals surface area contributed by atoms with E-state index in [1.807, 2.05) is 0 Å². The molecule has 3 saturated heterocycles. The molecule has 8 rings (SSSR count). The summed E-state index contributed by atoms with van der Waals surface area (Å²) in [6.07, 6.45) is 13.7. The van der Waals surface area contributed by atoms with Gasteiger partial charge in [-0.25, -0.2) is 8.78 Å². The van der Waals surface area contributed by atoms with E-state index in [1.165, 1.54) is 24.3 Å². The number of aromatic nitrogens is 3. The molecular weight excluding hydrogens is 614 g/mol. The summed E-state index contributed by atoms with van der Waals surface area (Å²) in [5, 5.41) is 11.8. The SMILES string of the molecule is C#Cc1c(F)ccc2cc(O)cc(-c3ncc4c(N5CCCOCC5)nc(OCC56CCCC5N(C5CN(C)C5)CCC6)nc4c3F)c12. The molecule has 1 saturated carbocycles. The molecule has 11 heteroatoms. The monoisotopic (exact) mass is 654 g/mol. The van der Waals surface area contributed by atoms with Crippen LogP contribution in [-0.4, -0.2) is 102 Å². The van der Waals surface area contributed by atoms with Crippen LogP contribution in [0.4, 0.5) is 14.6 Å². The number of anilines is 1. The van der Waals surface area contributed by atoms with Gasteiger partial charge in [0.25, 0.3) is 0 Å². The van der Waals surface area contributed by atoms with Crippen molar-refractivity contribution in [2.24, 2.45) is 5.41 Å². The molecule has 2 unspecified atom stereocenters. The van der Waals surface area contributed by atoms with Crippen LogP contribution in [0, 0.1) is 29.4 Å². The fraction of sp³-hybridized carbons (Fsp3) is 0.486. The highest BCUT2D eigenvalue weighted by atomic mass is 19.1. The molecule has 2 aromatic carbocycles. The molecule has 4 aliphatic rings. The summed E-state index contributed by atoms with van der Waals surface area (Å²) in [5.74, 6) is 1.48. The lowest BCUT2D eigenvalue weighted by Gasteiger charge is -2.53. The molecule has 0 amide bonds. The molecule has 0 radical (unpaired) electrons. The number of piperidine rings is 1. The van der Waals surface area contributed by atoms with Crippen LogP contribution in [0.1, 0.15) is 44.1 Å². The van der Waals surface area contributed by atoms with Crippen molar-refractivity contribution >= 4 is 27.5 Å². The van der Waals surface area contributed by atoms with Gasteiger partial charge >= 0.3 is 6.01 Å². The predicted molar refractivity (Wildman–Crippen MR) is 180 cm³/mol. The molecule has 5 heterocycles. The van der Waals surface area contributed by atoms with Gasteiger partial charge in [0.2, 0.25) is 0 Å². The average Bonchev–Trinajstić information content (AvgIpc) is 3.32. The van der Waals surface area contributed by atoms with Gasteiger partial charge in [-0.1, -0.05) is 18.4 Å². The van der Waals surface area contributed by atoms with Gasteiger partial charge in [0.15, 0.2) is 5.82 Å². The number of rotatable bonds is 6. The number of aromatic hydroxyl groups is 1. The first-order chi connectivity index (χ1) is 23.3. The summed E-state index contributed by atoms with van der Waals surface area (Å²) in [5.41, 5.74) is 0.103. The van der Waals surface area contributed by atoms with Crippen molar-refractivity contribution in [3.05, 3.63) is 47.7 Å². The number of nitrogens with zero attached hydrogens (tertiary/aromatic N) is 6. The van der Waals surface area contributed by atoms with E-state index in [0.29, 0.717) is 67.0 Å². The van der Waals surface area contributed by atoms with Gasteiger partial charge in [-0.05, 0) is 69.3 Å². The summed E-state index contributed by atoms with van der Waals surface area (Å²) < 4.78 is 44.0. The van der Waals surface area contributed by atoms with E-state index in [2.05, 4.69) is 37.6 Å². The van der Waals surface area contributed by atoms with Crippen LogP contribution in [0.25, 0.3) is 32.9 Å². The van der Waals surface area contributed by atoms with Gasteiger partial charge in [-0.15, -0.1) is 6.42 Å². The lowest BCUT2D eigenvalue weighted by atomic mass is 9.74. The van der Waals surface area contributed by atoms with E-state index < -0.39 is 11.6 Å². The third-order valence-electron chi connectivity index (χ3n) is 11.0. The number of phenolic OH excluding ortho intramolecular Hbond substituents is 1. The zero-order valence-electron chi connectivity index (χ0n) is 27.2. The lowest BCUT2D eigenvalue weighted by Crippen LogP contribution is -2.64. The maximum absolute atomic E-state index is 16.9. The Morgan fingerprint density at radius 3 is 2.77 bits per heavy atom. The number of ether oxygens (including phenoxy) is 2. The Morgan fingerprint density at radius 2 is 1.94 bits per heavy atom. The second-order valence-corrected chi connectivity index (χ2v) is 13.9. The summed E-state index contributed by atoms with van der Waals surface area (Å²) in [4.78, 5) is 21.3. The Hall–Kier alpha value is -4.11. The van der Waals surface area contributed by atoms with Crippen LogP contribution >= 0.6 is 0 Å². The predicted octanol–water partition coefficient (Wildman–Crippen LogP) is 5.36. The molecule has 0 spiro atoms. The van der Waals surface area contributed by atoms with E-state index in [1.54, 1.807) is 6.20 Å². The van der Waals surface area contributed by atoms with Crippen LogP contribution in [0.3, 0.4) is 0 Å². The molecular formula is C37H40F2N6O3. The smallest absolute Gasteiger partial charge is 0.319 e. The number of pyridine rings is 1. The third kappa shape index (κ3) is 5.31. The molecule has 250 valence electrons. The number of benzene rings is 2. The molecule has 1 N–H and O–H groups in total. The quantitative estimate of drug-likeness (QED) is 0.276. The normalized spacial score (nSPS) is 24.0. The first kappa shape index (κ1) is 31.2. The summed E-state index contributed by atoms with van der Waals surface area (Å²) >= 11 is 0. The average molecular weight is 655 g/mol. The number of terminal acetylenes is 1. The molecule has 3 aliphatic heterocycles. The van der Waals surface area contributed by atoms with Crippen molar-refractivity contribution in [1.29, 1.82) is 0 Å². The van der Waals surface area contributed by atoms with Crippen LogP contribution in [-0.2, 0) is 4.74 Å². The van der Waals surface area contributed by atoms with Crippen LogP contribution in [0.2, 0.25) is 0 Å². The molecule has 48 heavy (non-hydrogen) atoms. The maximum atomic E-state index is 16.9. The number of fused-ring (bicyclic) bond motifs is 3. The Kier molecular flexibility index (Phi) is 8.06. The number of phenols is 1. The number of likely N-dealkylation sites (N-methyl/N-ethyl adjacent to an activating group) is 1. The minimum absolute atomic E-state index is 0.000533. The summed E-state index contributed by atoms with van der Waals surface area (Å²) in [6.45, 7) is 6.19. The van der Waals surface area contributed by atoms with E-state index in [9.17, 15) is 9.50 Å². The highest BCUT2D eigenvalue weighted by molar-refractivity contribution is 6.03. The van der Waals surface area contributed by atoms with Gasteiger partial charge in [0.05, 0.1) is 24.2 Å². The minimum Gasteiger partial charge on any atom is -0.508 e. The molecule has 4 aromatic rings. The zero-order chi connectivity index (χ0) is 33.0. The van der Waals surface area contributed by atoms with Gasteiger partial charge in [-0.3, -0.25) is 9.88 Å². The molecule has 0 bridgehead atoms. The van der Waals surface area contributed by atoms with Crippen LogP contribution in [0.5, 0.6) is 11.8 Å². The summed E-state index contributed by atoms with van der Waals surface area (Å²) in [6, 6.07) is 6.73. The Bertz CT molecular complexity index is 1920. The third-order valence-corrected chi connectivity index (χ3v) is 11.0. The van der Waals surface area contributed by atoms with Gasteiger partial charge < -0.3 is 24.4 Å². The zero-order valence-corrected chi connectivity index (χ0v) is 27.2. The number of likely N-dealkylation sites (tertiary alicyclic amines) is 2. The number of hydrogen-bond acceptors (Lipinski definition) is 9. The van der Waals surface area contributed by atoms with E-state index in [0.717, 1.165) is 58.2 Å². The van der Waals surface area contributed by atoms with Crippen molar-refractivity contribution in [3.8, 4) is 35.4 Å². The van der Waals surface area contributed by atoms with E-state index in [-0.39, 0.29) is 39.5 Å². The topological polar surface area (TPSA) is 87.1 Å². The van der Waals surface area contributed by atoms with Gasteiger partial charge in [0, 0.05) is 67.4 Å². The largest absolute Gasteiger partial charge is 0.508 e. The first-order valence-corrected chi connectivity index (χ1v) is 17.0. The van der Waals surface area contributed by atoms with Crippen molar-refractivity contribution < 1.29 is 23.4 Å². The Labute approximate surface area is 278 Å². The molecule has 4 fully saturated rings. The van der Waals surface area contributed by atoms with Crippen LogP contribution < -0.4 is 9.64 Å². The molecule has 2 atom stereocenters. The van der Waals surface area contributed by atoms with Gasteiger partial charge in [0.1, 0.15) is 28.6 Å². The minimum atomic E-state index is -0.721. The number of halogens is 2. The highest BCUT2D eigenvalue weighted by Gasteiger charge is 2.51. The standard InChI is InChI=1S/C37H40F2N6O3/c1-3-26-29(38)9-8-23-17-25(46)18-27(31(23)26)33-32(39)34-28(19-40-33)35(44-12-6-15-47-16-14-44)42-36(41-34)48-22-37-10-4-7-30(37)45(13-5-11-37)24-20-43(2)21-24/h1,8-9,17-19,24,30,46H,4-7,10-16,20-22H2,2H3. The van der Waals surface area contributed by atoms with Crippen molar-refractivity contribution in [2.45, 2.75) is 50.6 Å². The van der Waals surface area contributed by atoms with E-state index in [4.69, 9.17) is 20.9 Å². The second kappa shape index (κ2) is 12.4. The Morgan fingerprint density at radius 1 is 1.08 bits per heavy atom. The second-order valence-electron chi connectivity index (χ2n) is 13.9. The Balaban J connectivity index is 1.22. The molecule has 1 aliphatic carbocycles. The highest BCUT2D eigenvalue weighted by Crippen LogP contribution is 2.49. The summed E-state index contributed by atoms with van der Waals surface area (Å²) in [7, 11) is 2.17. The van der Waals surface area contributed by atoms with Crippen LogP contribution in [0.15, 0.2) is 30.5 Å². The fourth-order valence-electron chi connectivity index (χ4n) is 8.69. The lowest BCUT2D eigenvalue weighted by molar-refractivity contribution is -0.0589. The maximum Gasteiger partial charge on any atom is 0.319 e. The van der Waals surface area contributed by atoms with Crippen molar-refractivity contribution in [3.63, 3.8) is 0 Å². The van der Waals surface area contributed by atoms with Crippen molar-refractivity contribution in [1.82, 2.24) is 24.8 Å². The number of hydrogen-bond donors (Lipinski definition) is 1. The van der Waals surface area contributed by atoms with E-state index >= 15 is 4.39 Å². The first-order valence-electron chi connectivity index (χ1n) is 17.0. The van der Waals surface area contributed by atoms with Gasteiger partial charge in [-0.2, -0.15) is 9.97 Å². The molecule has 9 nitrogen and oxygen atoms in total. The fourth-order valence-corrected chi connectivity index (χ4v) is 8.69. The van der Waals surface area contributed by atoms with Crippen molar-refractivity contribution in [2.75, 3.05) is 64.5 Å². The molecule has 2 aromatic heterocycles.